The average molecular weight is 208 g/mol. The Morgan fingerprint density at radius 3 is 2.69 bits per heavy atom. The first kappa shape index (κ1) is 9.34. The lowest BCUT2D eigenvalue weighted by Gasteiger charge is -2.14. The minimum absolute atomic E-state index is 0.787. The van der Waals surface area contributed by atoms with Crippen molar-refractivity contribution in [2.45, 2.75) is 12.8 Å². The molecular formula is C15H12O. The van der Waals surface area contributed by atoms with Gasteiger partial charge in [-0.05, 0) is 34.7 Å². The van der Waals surface area contributed by atoms with Crippen LogP contribution < -0.4 is 0 Å². The maximum Gasteiger partial charge on any atom is 0.150 e. The van der Waals surface area contributed by atoms with E-state index < -0.39 is 0 Å². The van der Waals surface area contributed by atoms with Gasteiger partial charge in [0.2, 0.25) is 0 Å². The molecule has 1 heteroatoms. The van der Waals surface area contributed by atoms with E-state index in [1.807, 2.05) is 12.1 Å². The average Bonchev–Trinajstić information content (AvgIpc) is 2.37. The van der Waals surface area contributed by atoms with Crippen LogP contribution in [0.1, 0.15) is 21.5 Å². The molecule has 0 aliphatic heterocycles. The van der Waals surface area contributed by atoms with E-state index in [1.165, 1.54) is 16.5 Å². The van der Waals surface area contributed by atoms with Gasteiger partial charge < -0.3 is 0 Å². The molecule has 0 N–H and O–H groups in total. The fourth-order valence-corrected chi connectivity index (χ4v) is 2.44. The van der Waals surface area contributed by atoms with Crippen LogP contribution in [0, 0.1) is 0 Å². The third-order valence-corrected chi connectivity index (χ3v) is 3.26. The summed E-state index contributed by atoms with van der Waals surface area (Å²) in [5.41, 5.74) is 3.55. The SMILES string of the molecule is O=Cc1cccc2c3c(ccc12)CC=CC3. The number of benzene rings is 2. The number of rotatable bonds is 1. The Morgan fingerprint density at radius 1 is 0.938 bits per heavy atom. The molecule has 0 heterocycles. The second-order valence-electron chi connectivity index (χ2n) is 4.14. The van der Waals surface area contributed by atoms with Crippen LogP contribution in [0.2, 0.25) is 0 Å². The first-order valence-electron chi connectivity index (χ1n) is 5.54. The topological polar surface area (TPSA) is 17.1 Å². The van der Waals surface area contributed by atoms with E-state index >= 15 is 0 Å². The van der Waals surface area contributed by atoms with Gasteiger partial charge >= 0.3 is 0 Å². The van der Waals surface area contributed by atoms with Gasteiger partial charge in [-0.25, -0.2) is 0 Å². The monoisotopic (exact) mass is 208 g/mol. The summed E-state index contributed by atoms with van der Waals surface area (Å²) in [7, 11) is 0. The van der Waals surface area contributed by atoms with Gasteiger partial charge in [-0.3, -0.25) is 4.79 Å². The number of fused-ring (bicyclic) bond motifs is 3. The lowest BCUT2D eigenvalue weighted by Crippen LogP contribution is -1.99. The van der Waals surface area contributed by atoms with Gasteiger partial charge in [0.25, 0.3) is 0 Å². The molecule has 0 unspecified atom stereocenters. The van der Waals surface area contributed by atoms with Crippen LogP contribution in [0.15, 0.2) is 42.5 Å². The van der Waals surface area contributed by atoms with Crippen LogP contribution in [-0.4, -0.2) is 6.29 Å². The van der Waals surface area contributed by atoms with Crippen molar-refractivity contribution in [3.05, 3.63) is 59.2 Å². The van der Waals surface area contributed by atoms with Crippen LogP contribution in [0.3, 0.4) is 0 Å². The third-order valence-electron chi connectivity index (χ3n) is 3.26. The van der Waals surface area contributed by atoms with Crippen LogP contribution in [0.5, 0.6) is 0 Å². The molecule has 78 valence electrons. The van der Waals surface area contributed by atoms with Crippen molar-refractivity contribution in [3.63, 3.8) is 0 Å². The Labute approximate surface area is 94.4 Å². The van der Waals surface area contributed by atoms with Crippen LogP contribution in [0.25, 0.3) is 10.8 Å². The lowest BCUT2D eigenvalue weighted by atomic mass is 9.90. The van der Waals surface area contributed by atoms with Gasteiger partial charge in [0.1, 0.15) is 0 Å². The molecule has 0 radical (unpaired) electrons. The Hall–Kier alpha value is -1.89. The van der Waals surface area contributed by atoms with E-state index in [0.717, 1.165) is 30.1 Å². The number of hydrogen-bond donors (Lipinski definition) is 0. The Morgan fingerprint density at radius 2 is 1.81 bits per heavy atom. The lowest BCUT2D eigenvalue weighted by molar-refractivity contribution is 0.112. The van der Waals surface area contributed by atoms with E-state index in [2.05, 4.69) is 30.4 Å². The molecule has 3 rings (SSSR count). The van der Waals surface area contributed by atoms with E-state index in [4.69, 9.17) is 0 Å². The molecule has 0 fully saturated rings. The second kappa shape index (κ2) is 3.60. The van der Waals surface area contributed by atoms with Gasteiger partial charge in [-0.15, -0.1) is 0 Å². The van der Waals surface area contributed by atoms with Gasteiger partial charge in [0.15, 0.2) is 6.29 Å². The summed E-state index contributed by atoms with van der Waals surface area (Å²) in [6.45, 7) is 0. The van der Waals surface area contributed by atoms with Crippen LogP contribution in [-0.2, 0) is 12.8 Å². The number of carbonyl (C=O) groups excluding carboxylic acids is 1. The first-order valence-corrected chi connectivity index (χ1v) is 5.54. The van der Waals surface area contributed by atoms with Crippen molar-refractivity contribution < 1.29 is 4.79 Å². The largest absolute Gasteiger partial charge is 0.298 e. The third kappa shape index (κ3) is 1.28. The molecule has 0 bridgehead atoms. The summed E-state index contributed by atoms with van der Waals surface area (Å²) in [4.78, 5) is 11.0. The summed E-state index contributed by atoms with van der Waals surface area (Å²) in [5.74, 6) is 0. The van der Waals surface area contributed by atoms with Crippen molar-refractivity contribution in [1.29, 1.82) is 0 Å². The van der Waals surface area contributed by atoms with Crippen molar-refractivity contribution in [3.8, 4) is 0 Å². The van der Waals surface area contributed by atoms with Gasteiger partial charge in [-0.2, -0.15) is 0 Å². The van der Waals surface area contributed by atoms with Crippen molar-refractivity contribution in [2.24, 2.45) is 0 Å². The highest BCUT2D eigenvalue weighted by Crippen LogP contribution is 2.27. The zero-order chi connectivity index (χ0) is 11.0. The Bertz CT molecular complexity index is 594. The van der Waals surface area contributed by atoms with Crippen LogP contribution >= 0.6 is 0 Å². The normalized spacial score (nSPS) is 13.8. The Kier molecular flexibility index (Phi) is 2.10. The van der Waals surface area contributed by atoms with Gasteiger partial charge in [0, 0.05) is 5.56 Å². The summed E-state index contributed by atoms with van der Waals surface area (Å²) in [6, 6.07) is 10.2. The number of carbonyl (C=O) groups is 1. The number of aldehydes is 1. The van der Waals surface area contributed by atoms with Crippen LogP contribution in [0.4, 0.5) is 0 Å². The quantitative estimate of drug-likeness (QED) is 0.519. The van der Waals surface area contributed by atoms with Crippen molar-refractivity contribution in [1.82, 2.24) is 0 Å². The molecule has 2 aromatic rings. The van der Waals surface area contributed by atoms with Gasteiger partial charge in [-0.1, -0.05) is 42.5 Å². The molecule has 0 amide bonds. The molecule has 16 heavy (non-hydrogen) atoms. The predicted molar refractivity (Wildman–Crippen MR) is 65.9 cm³/mol. The van der Waals surface area contributed by atoms with Crippen molar-refractivity contribution in [2.75, 3.05) is 0 Å². The summed E-state index contributed by atoms with van der Waals surface area (Å²) < 4.78 is 0. The maximum atomic E-state index is 11.0. The zero-order valence-electron chi connectivity index (χ0n) is 8.94. The molecule has 2 aromatic carbocycles. The molecule has 0 saturated carbocycles. The smallest absolute Gasteiger partial charge is 0.150 e. The highest BCUT2D eigenvalue weighted by molar-refractivity contribution is 6.00. The minimum atomic E-state index is 0.787. The molecule has 0 aromatic heterocycles. The van der Waals surface area contributed by atoms with Crippen molar-refractivity contribution >= 4 is 17.1 Å². The van der Waals surface area contributed by atoms with Gasteiger partial charge in [0.05, 0.1) is 0 Å². The molecule has 0 saturated heterocycles. The highest BCUT2D eigenvalue weighted by Gasteiger charge is 2.10. The molecule has 1 aliphatic carbocycles. The zero-order valence-corrected chi connectivity index (χ0v) is 8.94. The summed E-state index contributed by atoms with van der Waals surface area (Å²) >= 11 is 0. The first-order chi connectivity index (χ1) is 7.90. The Balaban J connectivity index is 2.38. The van der Waals surface area contributed by atoms with E-state index in [-0.39, 0.29) is 0 Å². The van der Waals surface area contributed by atoms with E-state index in [1.54, 1.807) is 0 Å². The molecule has 1 nitrogen and oxygen atoms in total. The molecular weight excluding hydrogens is 196 g/mol. The standard InChI is InChI=1S/C15H12O/c16-10-12-5-3-7-15-13-6-2-1-4-11(13)8-9-14(12)15/h1-3,5,7-10H,4,6H2. The fraction of sp³-hybridized carbons (Fsp3) is 0.133. The molecule has 1 aliphatic rings. The molecule has 0 atom stereocenters. The minimum Gasteiger partial charge on any atom is -0.298 e. The summed E-state index contributed by atoms with van der Waals surface area (Å²) in [6.07, 6.45) is 7.34. The number of allylic oxidation sites excluding steroid dienone is 2. The predicted octanol–water partition coefficient (Wildman–Crippen LogP) is 3.31. The van der Waals surface area contributed by atoms with E-state index in [0.29, 0.717) is 0 Å². The fourth-order valence-electron chi connectivity index (χ4n) is 2.44. The number of hydrogen-bond acceptors (Lipinski definition) is 1. The van der Waals surface area contributed by atoms with E-state index in [9.17, 15) is 4.79 Å². The summed E-state index contributed by atoms with van der Waals surface area (Å²) in [5, 5.41) is 2.30. The molecule has 0 spiro atoms. The highest BCUT2D eigenvalue weighted by atomic mass is 16.1. The maximum absolute atomic E-state index is 11.0. The second-order valence-corrected chi connectivity index (χ2v) is 4.14.